The van der Waals surface area contributed by atoms with Gasteiger partial charge >= 0.3 is 0 Å². The summed E-state index contributed by atoms with van der Waals surface area (Å²) >= 11 is 4.06. The van der Waals surface area contributed by atoms with E-state index in [0.717, 1.165) is 12.8 Å². The molecule has 1 atom stereocenters. The van der Waals surface area contributed by atoms with Gasteiger partial charge in [-0.1, -0.05) is 38.7 Å². The smallest absolute Gasteiger partial charge is 0.217 e. The third-order valence-electron chi connectivity index (χ3n) is 2.66. The first-order chi connectivity index (χ1) is 8.61. The highest BCUT2D eigenvalue weighted by atomic mass is 32.1. The highest BCUT2D eigenvalue weighted by Crippen LogP contribution is 2.05. The molecule has 1 N–H and O–H groups in total. The number of carbonyl (C=O) groups excluding carboxylic acids is 2. The maximum Gasteiger partial charge on any atom is 0.217 e. The third kappa shape index (κ3) is 9.28. The molecule has 1 amide bonds. The van der Waals surface area contributed by atoms with Crippen molar-refractivity contribution in [1.82, 2.24) is 5.32 Å². The number of hydrogen-bond acceptors (Lipinski definition) is 3. The fraction of sp³-hybridized carbons (Fsp3) is 0.714. The van der Waals surface area contributed by atoms with Crippen LogP contribution in [0, 0.1) is 0 Å². The zero-order valence-corrected chi connectivity index (χ0v) is 12.3. The minimum Gasteiger partial charge on any atom is -0.345 e. The molecule has 0 aliphatic rings. The molecule has 3 nitrogen and oxygen atoms in total. The lowest BCUT2D eigenvalue weighted by Crippen LogP contribution is -2.40. The van der Waals surface area contributed by atoms with Crippen LogP contribution in [0.25, 0.3) is 0 Å². The van der Waals surface area contributed by atoms with Gasteiger partial charge in [0.15, 0.2) is 5.78 Å². The molecule has 0 fully saturated rings. The van der Waals surface area contributed by atoms with E-state index in [1.807, 2.05) is 6.08 Å². The Bertz CT molecular complexity index is 277. The molecule has 0 aromatic heterocycles. The summed E-state index contributed by atoms with van der Waals surface area (Å²) in [5.41, 5.74) is 0. The van der Waals surface area contributed by atoms with Crippen molar-refractivity contribution in [3.05, 3.63) is 12.2 Å². The lowest BCUT2D eigenvalue weighted by Gasteiger charge is -2.11. The van der Waals surface area contributed by atoms with Crippen LogP contribution in [0.3, 0.4) is 0 Å². The van der Waals surface area contributed by atoms with Gasteiger partial charge in [-0.2, -0.15) is 12.6 Å². The largest absolute Gasteiger partial charge is 0.345 e. The summed E-state index contributed by atoms with van der Waals surface area (Å²) in [7, 11) is 0. The Kier molecular flexibility index (Phi) is 10.8. The molecule has 18 heavy (non-hydrogen) atoms. The number of rotatable bonds is 10. The van der Waals surface area contributed by atoms with Crippen molar-refractivity contribution < 1.29 is 9.59 Å². The predicted molar refractivity (Wildman–Crippen MR) is 79.0 cm³/mol. The molecule has 0 saturated heterocycles. The topological polar surface area (TPSA) is 46.2 Å². The second kappa shape index (κ2) is 11.3. The minimum atomic E-state index is -0.498. The molecule has 0 radical (unpaired) electrons. The molecule has 0 heterocycles. The predicted octanol–water partition coefficient (Wildman–Crippen LogP) is 2.91. The Balaban J connectivity index is 3.80. The summed E-state index contributed by atoms with van der Waals surface area (Å²) in [5, 5.41) is 2.58. The van der Waals surface area contributed by atoms with Crippen molar-refractivity contribution in [3.63, 3.8) is 0 Å². The van der Waals surface area contributed by atoms with Crippen molar-refractivity contribution in [3.8, 4) is 0 Å². The van der Waals surface area contributed by atoms with E-state index in [1.54, 1.807) is 6.08 Å². The van der Waals surface area contributed by atoms with Gasteiger partial charge in [-0.3, -0.25) is 9.59 Å². The van der Waals surface area contributed by atoms with Gasteiger partial charge in [0, 0.05) is 12.7 Å². The summed E-state index contributed by atoms with van der Waals surface area (Å²) in [6.07, 6.45) is 10.5. The van der Waals surface area contributed by atoms with E-state index in [0.29, 0.717) is 5.75 Å². The Morgan fingerprint density at radius 3 is 2.44 bits per heavy atom. The molecule has 0 aliphatic heterocycles. The second-order valence-electron chi connectivity index (χ2n) is 4.44. The monoisotopic (exact) mass is 271 g/mol. The van der Waals surface area contributed by atoms with Gasteiger partial charge in [-0.25, -0.2) is 0 Å². The number of ketones is 1. The fourth-order valence-corrected chi connectivity index (χ4v) is 1.90. The molecule has 0 aliphatic carbocycles. The standard InChI is InChI=1S/C14H25NO2S/c1-3-4-5-6-7-8-9-10-14(17)13(11-18)15-12(2)16/h9-10,13,18H,3-8,11H2,1-2H3,(H,15,16)/b10-9+. The number of thiol groups is 1. The van der Waals surface area contributed by atoms with Gasteiger partial charge in [0.05, 0.1) is 0 Å². The second-order valence-corrected chi connectivity index (χ2v) is 4.81. The molecule has 0 bridgehead atoms. The average Bonchev–Trinajstić information content (AvgIpc) is 2.34. The molecule has 0 aromatic rings. The Morgan fingerprint density at radius 1 is 1.22 bits per heavy atom. The van der Waals surface area contributed by atoms with Crippen LogP contribution >= 0.6 is 12.6 Å². The van der Waals surface area contributed by atoms with Gasteiger partial charge in [0.1, 0.15) is 6.04 Å². The van der Waals surface area contributed by atoms with Gasteiger partial charge < -0.3 is 5.32 Å². The van der Waals surface area contributed by atoms with E-state index in [2.05, 4.69) is 24.9 Å². The molecule has 0 aromatic carbocycles. The molecule has 1 unspecified atom stereocenters. The number of allylic oxidation sites excluding steroid dienone is 1. The number of unbranched alkanes of at least 4 members (excludes halogenated alkanes) is 5. The number of nitrogens with one attached hydrogen (secondary N) is 1. The van der Waals surface area contributed by atoms with Gasteiger partial charge in [-0.05, 0) is 18.9 Å². The molecule has 4 heteroatoms. The van der Waals surface area contributed by atoms with E-state index in [9.17, 15) is 9.59 Å². The maximum absolute atomic E-state index is 11.7. The minimum absolute atomic E-state index is 0.0752. The van der Waals surface area contributed by atoms with Crippen molar-refractivity contribution >= 4 is 24.3 Å². The molecule has 0 spiro atoms. The van der Waals surface area contributed by atoms with E-state index >= 15 is 0 Å². The summed E-state index contributed by atoms with van der Waals surface area (Å²) in [5.74, 6) is 0.0586. The lowest BCUT2D eigenvalue weighted by atomic mass is 10.1. The zero-order valence-electron chi connectivity index (χ0n) is 11.4. The summed E-state index contributed by atoms with van der Waals surface area (Å²) in [6.45, 7) is 3.60. The van der Waals surface area contributed by atoms with Crippen LogP contribution in [0.5, 0.6) is 0 Å². The summed E-state index contributed by atoms with van der Waals surface area (Å²) in [6, 6.07) is -0.498. The van der Waals surface area contributed by atoms with Crippen LogP contribution < -0.4 is 5.32 Å². The highest BCUT2D eigenvalue weighted by Gasteiger charge is 2.14. The van der Waals surface area contributed by atoms with Gasteiger partial charge in [0.25, 0.3) is 0 Å². The van der Waals surface area contributed by atoms with Crippen molar-refractivity contribution in [1.29, 1.82) is 0 Å². The Hall–Kier alpha value is -0.770. The Labute approximate surface area is 116 Å². The quantitative estimate of drug-likeness (QED) is 0.364. The van der Waals surface area contributed by atoms with E-state index in [4.69, 9.17) is 0 Å². The van der Waals surface area contributed by atoms with Gasteiger partial charge in [-0.15, -0.1) is 0 Å². The van der Waals surface area contributed by atoms with Crippen LogP contribution in [0.1, 0.15) is 52.4 Å². The van der Waals surface area contributed by atoms with Crippen molar-refractivity contribution in [2.24, 2.45) is 0 Å². The van der Waals surface area contributed by atoms with Crippen LogP contribution in [-0.4, -0.2) is 23.5 Å². The van der Waals surface area contributed by atoms with Gasteiger partial charge in [0.2, 0.25) is 5.91 Å². The highest BCUT2D eigenvalue weighted by molar-refractivity contribution is 7.80. The third-order valence-corrected chi connectivity index (χ3v) is 3.03. The lowest BCUT2D eigenvalue weighted by molar-refractivity contribution is -0.124. The van der Waals surface area contributed by atoms with Crippen molar-refractivity contribution in [2.45, 2.75) is 58.4 Å². The number of amides is 1. The molecule has 104 valence electrons. The molecule has 0 rings (SSSR count). The van der Waals surface area contributed by atoms with Crippen LogP contribution in [-0.2, 0) is 9.59 Å². The normalized spacial score (nSPS) is 12.6. The first kappa shape index (κ1) is 17.2. The maximum atomic E-state index is 11.7. The van der Waals surface area contributed by atoms with Crippen LogP contribution in [0.4, 0.5) is 0 Å². The fourth-order valence-electron chi connectivity index (χ4n) is 1.63. The SMILES string of the molecule is CCCCCCC/C=C/C(=O)C(CS)NC(C)=O. The van der Waals surface area contributed by atoms with Crippen LogP contribution in [0.2, 0.25) is 0 Å². The van der Waals surface area contributed by atoms with E-state index < -0.39 is 6.04 Å². The molecular formula is C14H25NO2S. The van der Waals surface area contributed by atoms with E-state index in [1.165, 1.54) is 32.6 Å². The molecular weight excluding hydrogens is 246 g/mol. The Morgan fingerprint density at radius 2 is 1.89 bits per heavy atom. The number of carbonyl (C=O) groups is 2. The van der Waals surface area contributed by atoms with E-state index in [-0.39, 0.29) is 11.7 Å². The summed E-state index contributed by atoms with van der Waals surface area (Å²) in [4.78, 5) is 22.6. The average molecular weight is 271 g/mol. The zero-order chi connectivity index (χ0) is 13.8. The number of hydrogen-bond donors (Lipinski definition) is 2. The molecule has 0 saturated carbocycles. The van der Waals surface area contributed by atoms with Crippen molar-refractivity contribution in [2.75, 3.05) is 5.75 Å². The summed E-state index contributed by atoms with van der Waals surface area (Å²) < 4.78 is 0. The first-order valence-corrected chi connectivity index (χ1v) is 7.33. The first-order valence-electron chi connectivity index (χ1n) is 6.70. The van der Waals surface area contributed by atoms with Crippen LogP contribution in [0.15, 0.2) is 12.2 Å².